The van der Waals surface area contributed by atoms with Crippen LogP contribution >= 0.6 is 15.9 Å². The first-order chi connectivity index (χ1) is 8.76. The SMILES string of the molecule is Brc1ccc(CN2CCNC3(CCCC3)C2)cc1. The van der Waals surface area contributed by atoms with E-state index in [0.29, 0.717) is 5.54 Å². The maximum absolute atomic E-state index is 3.77. The van der Waals surface area contributed by atoms with Crippen molar-refractivity contribution in [3.8, 4) is 0 Å². The van der Waals surface area contributed by atoms with Crippen LogP contribution in [0.3, 0.4) is 0 Å². The van der Waals surface area contributed by atoms with Crippen molar-refractivity contribution in [2.45, 2.75) is 37.8 Å². The Hall–Kier alpha value is -0.380. The van der Waals surface area contributed by atoms with E-state index in [2.05, 4.69) is 50.4 Å². The lowest BCUT2D eigenvalue weighted by Crippen LogP contribution is -2.58. The molecule has 18 heavy (non-hydrogen) atoms. The average molecular weight is 309 g/mol. The highest BCUT2D eigenvalue weighted by Crippen LogP contribution is 2.32. The van der Waals surface area contributed by atoms with Crippen molar-refractivity contribution in [2.24, 2.45) is 0 Å². The fourth-order valence-electron chi connectivity index (χ4n) is 3.41. The molecule has 0 unspecified atom stereocenters. The van der Waals surface area contributed by atoms with Gasteiger partial charge in [0.1, 0.15) is 0 Å². The van der Waals surface area contributed by atoms with Gasteiger partial charge in [-0.15, -0.1) is 0 Å². The van der Waals surface area contributed by atoms with E-state index in [1.807, 2.05) is 0 Å². The van der Waals surface area contributed by atoms with Gasteiger partial charge in [-0.1, -0.05) is 40.9 Å². The summed E-state index contributed by atoms with van der Waals surface area (Å²) in [6.45, 7) is 4.65. The third-order valence-electron chi connectivity index (χ3n) is 4.33. The lowest BCUT2D eigenvalue weighted by molar-refractivity contribution is 0.129. The van der Waals surface area contributed by atoms with Crippen LogP contribution in [0.1, 0.15) is 31.2 Å². The number of piperazine rings is 1. The topological polar surface area (TPSA) is 15.3 Å². The van der Waals surface area contributed by atoms with Crippen LogP contribution in [0, 0.1) is 0 Å². The van der Waals surface area contributed by atoms with Gasteiger partial charge >= 0.3 is 0 Å². The van der Waals surface area contributed by atoms with Crippen molar-refractivity contribution in [2.75, 3.05) is 19.6 Å². The highest BCUT2D eigenvalue weighted by atomic mass is 79.9. The average Bonchev–Trinajstić information content (AvgIpc) is 2.80. The number of benzene rings is 1. The Morgan fingerprint density at radius 1 is 1.17 bits per heavy atom. The van der Waals surface area contributed by atoms with E-state index >= 15 is 0 Å². The zero-order valence-corrected chi connectivity index (χ0v) is 12.4. The van der Waals surface area contributed by atoms with E-state index in [4.69, 9.17) is 0 Å². The molecule has 1 aromatic carbocycles. The third kappa shape index (κ3) is 2.79. The summed E-state index contributed by atoms with van der Waals surface area (Å²) in [4.78, 5) is 2.62. The normalized spacial score (nSPS) is 23.6. The van der Waals surface area contributed by atoms with Gasteiger partial charge in [-0.3, -0.25) is 4.90 Å². The van der Waals surface area contributed by atoms with Crippen molar-refractivity contribution in [1.82, 2.24) is 10.2 Å². The Bertz CT molecular complexity index is 395. The zero-order chi connectivity index (χ0) is 12.4. The molecule has 2 fully saturated rings. The minimum Gasteiger partial charge on any atom is -0.309 e. The summed E-state index contributed by atoms with van der Waals surface area (Å²) in [6.07, 6.45) is 5.53. The van der Waals surface area contributed by atoms with Gasteiger partial charge < -0.3 is 5.32 Å². The van der Waals surface area contributed by atoms with Gasteiger partial charge in [0, 0.05) is 36.2 Å². The first kappa shape index (κ1) is 12.6. The van der Waals surface area contributed by atoms with E-state index < -0.39 is 0 Å². The van der Waals surface area contributed by atoms with Crippen LogP contribution in [-0.4, -0.2) is 30.1 Å². The summed E-state index contributed by atoms with van der Waals surface area (Å²) >= 11 is 3.50. The van der Waals surface area contributed by atoms with Gasteiger partial charge in [-0.05, 0) is 30.5 Å². The van der Waals surface area contributed by atoms with Crippen LogP contribution in [-0.2, 0) is 6.54 Å². The Labute approximate surface area is 118 Å². The van der Waals surface area contributed by atoms with Gasteiger partial charge in [-0.25, -0.2) is 0 Å². The number of rotatable bonds is 2. The predicted octanol–water partition coefficient (Wildman–Crippen LogP) is 3.17. The van der Waals surface area contributed by atoms with Crippen LogP contribution in [0.4, 0.5) is 0 Å². The molecule has 3 heteroatoms. The molecule has 1 saturated heterocycles. The standard InChI is InChI=1S/C15H21BrN2/c16-14-5-3-13(4-6-14)11-18-10-9-17-15(12-18)7-1-2-8-15/h3-6,17H,1-2,7-12H2. The second-order valence-corrected chi connectivity index (χ2v) is 6.67. The van der Waals surface area contributed by atoms with Crippen molar-refractivity contribution in [3.05, 3.63) is 34.3 Å². The van der Waals surface area contributed by atoms with Gasteiger partial charge in [-0.2, -0.15) is 0 Å². The molecule has 1 saturated carbocycles. The van der Waals surface area contributed by atoms with E-state index in [1.165, 1.54) is 48.8 Å². The minimum atomic E-state index is 0.438. The van der Waals surface area contributed by atoms with E-state index in [-0.39, 0.29) is 0 Å². The number of hydrogen-bond donors (Lipinski definition) is 1. The molecule has 3 rings (SSSR count). The molecule has 1 aromatic rings. The van der Waals surface area contributed by atoms with Crippen LogP contribution < -0.4 is 5.32 Å². The van der Waals surface area contributed by atoms with E-state index in [1.54, 1.807) is 0 Å². The summed E-state index contributed by atoms with van der Waals surface area (Å²) in [6, 6.07) is 8.74. The molecule has 0 aromatic heterocycles. The van der Waals surface area contributed by atoms with Crippen molar-refractivity contribution in [3.63, 3.8) is 0 Å². The smallest absolute Gasteiger partial charge is 0.0309 e. The Kier molecular flexibility index (Phi) is 3.73. The number of hydrogen-bond acceptors (Lipinski definition) is 2. The molecular weight excluding hydrogens is 288 g/mol. The first-order valence-corrected chi connectivity index (χ1v) is 7.77. The molecule has 0 amide bonds. The Morgan fingerprint density at radius 3 is 2.61 bits per heavy atom. The lowest BCUT2D eigenvalue weighted by atomic mass is 9.94. The number of nitrogens with one attached hydrogen (secondary N) is 1. The van der Waals surface area contributed by atoms with Crippen molar-refractivity contribution in [1.29, 1.82) is 0 Å². The van der Waals surface area contributed by atoms with Gasteiger partial charge in [0.2, 0.25) is 0 Å². The van der Waals surface area contributed by atoms with Crippen molar-refractivity contribution >= 4 is 15.9 Å². The highest BCUT2D eigenvalue weighted by Gasteiger charge is 2.37. The number of halogens is 1. The molecular formula is C15H21BrN2. The highest BCUT2D eigenvalue weighted by molar-refractivity contribution is 9.10. The fourth-order valence-corrected chi connectivity index (χ4v) is 3.68. The Morgan fingerprint density at radius 2 is 1.89 bits per heavy atom. The Balaban J connectivity index is 1.64. The number of nitrogens with zero attached hydrogens (tertiary/aromatic N) is 1. The van der Waals surface area contributed by atoms with E-state index in [0.717, 1.165) is 13.1 Å². The largest absolute Gasteiger partial charge is 0.309 e. The summed E-state index contributed by atoms with van der Waals surface area (Å²) in [7, 11) is 0. The third-order valence-corrected chi connectivity index (χ3v) is 4.86. The molecule has 0 bridgehead atoms. The first-order valence-electron chi connectivity index (χ1n) is 6.98. The molecule has 2 aliphatic rings. The second kappa shape index (κ2) is 5.32. The van der Waals surface area contributed by atoms with Gasteiger partial charge in [0.25, 0.3) is 0 Å². The zero-order valence-electron chi connectivity index (χ0n) is 10.8. The van der Waals surface area contributed by atoms with Crippen molar-refractivity contribution < 1.29 is 0 Å². The maximum atomic E-state index is 3.77. The summed E-state index contributed by atoms with van der Waals surface area (Å²) < 4.78 is 1.17. The monoisotopic (exact) mass is 308 g/mol. The van der Waals surface area contributed by atoms with Crippen LogP contribution in [0.15, 0.2) is 28.7 Å². The molecule has 2 nitrogen and oxygen atoms in total. The van der Waals surface area contributed by atoms with Gasteiger partial charge in [0.15, 0.2) is 0 Å². The molecule has 1 aliphatic carbocycles. The molecule has 1 N–H and O–H groups in total. The van der Waals surface area contributed by atoms with E-state index in [9.17, 15) is 0 Å². The van der Waals surface area contributed by atoms with Crippen LogP contribution in [0.5, 0.6) is 0 Å². The second-order valence-electron chi connectivity index (χ2n) is 5.75. The predicted molar refractivity (Wildman–Crippen MR) is 78.6 cm³/mol. The molecule has 98 valence electrons. The lowest BCUT2D eigenvalue weighted by Gasteiger charge is -2.41. The molecule has 1 heterocycles. The fraction of sp³-hybridized carbons (Fsp3) is 0.600. The molecule has 1 spiro atoms. The van der Waals surface area contributed by atoms with Crippen LogP contribution in [0.2, 0.25) is 0 Å². The maximum Gasteiger partial charge on any atom is 0.0309 e. The summed E-state index contributed by atoms with van der Waals surface area (Å²) in [5, 5.41) is 3.77. The summed E-state index contributed by atoms with van der Waals surface area (Å²) in [5.41, 5.74) is 1.86. The van der Waals surface area contributed by atoms with Crippen LogP contribution in [0.25, 0.3) is 0 Å². The minimum absolute atomic E-state index is 0.438. The van der Waals surface area contributed by atoms with Gasteiger partial charge in [0.05, 0.1) is 0 Å². The molecule has 1 aliphatic heterocycles. The summed E-state index contributed by atoms with van der Waals surface area (Å²) in [5.74, 6) is 0. The molecule has 0 radical (unpaired) electrons. The molecule has 0 atom stereocenters. The quantitative estimate of drug-likeness (QED) is 0.903.